The first-order valence-electron chi connectivity index (χ1n) is 8.78. The van der Waals surface area contributed by atoms with Gasteiger partial charge in [0.15, 0.2) is 11.0 Å². The van der Waals surface area contributed by atoms with E-state index < -0.39 is 0 Å². The number of nitrogens with one attached hydrogen (secondary N) is 1. The Balaban J connectivity index is 1.80. The van der Waals surface area contributed by atoms with Gasteiger partial charge in [0.25, 0.3) is 0 Å². The zero-order chi connectivity index (χ0) is 19.3. The molecule has 0 fully saturated rings. The smallest absolute Gasteiger partial charge is 0.230 e. The van der Waals surface area contributed by atoms with Crippen molar-refractivity contribution in [2.24, 2.45) is 0 Å². The van der Waals surface area contributed by atoms with Gasteiger partial charge in [0.05, 0.1) is 18.6 Å². The van der Waals surface area contributed by atoms with Crippen molar-refractivity contribution in [3.05, 3.63) is 48.7 Å². The molecule has 0 aliphatic heterocycles. The number of rotatable bonds is 8. The van der Waals surface area contributed by atoms with Crippen molar-refractivity contribution >= 4 is 17.7 Å². The second kappa shape index (κ2) is 8.39. The predicted molar refractivity (Wildman–Crippen MR) is 104 cm³/mol. The molecule has 0 spiro atoms. The minimum absolute atomic E-state index is 0.0256. The molecule has 0 bridgehead atoms. The lowest BCUT2D eigenvalue weighted by Gasteiger charge is -2.24. The molecule has 1 amide bonds. The summed E-state index contributed by atoms with van der Waals surface area (Å²) in [5.41, 5.74) is 0.639. The average Bonchev–Trinajstić information content (AvgIpc) is 3.31. The maximum absolute atomic E-state index is 12.3. The van der Waals surface area contributed by atoms with Crippen LogP contribution in [-0.4, -0.2) is 36.9 Å². The Labute approximate surface area is 162 Å². The Morgan fingerprint density at radius 3 is 2.81 bits per heavy atom. The molecule has 0 aliphatic carbocycles. The largest absolute Gasteiger partial charge is 0.467 e. The molecule has 0 aliphatic rings. The number of carbonyl (C=O) groups excluding carboxylic acids is 1. The van der Waals surface area contributed by atoms with Gasteiger partial charge in [-0.25, -0.2) is 0 Å². The minimum Gasteiger partial charge on any atom is -0.467 e. The van der Waals surface area contributed by atoms with E-state index in [2.05, 4.69) is 20.5 Å². The Kier molecular flexibility index (Phi) is 5.95. The summed E-state index contributed by atoms with van der Waals surface area (Å²) in [6.07, 6.45) is 5.96. The van der Waals surface area contributed by atoms with Crippen LogP contribution in [-0.2, 0) is 11.3 Å². The molecule has 7 nitrogen and oxygen atoms in total. The number of furan rings is 1. The first kappa shape index (κ1) is 19.2. The molecular formula is C19H23N5O2S. The van der Waals surface area contributed by atoms with Crippen molar-refractivity contribution in [1.29, 1.82) is 0 Å². The molecule has 0 unspecified atom stereocenters. The van der Waals surface area contributed by atoms with Gasteiger partial charge in [-0.05, 0) is 44.5 Å². The molecule has 3 aromatic heterocycles. The fourth-order valence-electron chi connectivity index (χ4n) is 2.44. The number of carbonyl (C=O) groups is 1. The molecule has 3 heterocycles. The lowest BCUT2D eigenvalue weighted by Crippen LogP contribution is -2.43. The lowest BCUT2D eigenvalue weighted by molar-refractivity contribution is -0.120. The number of aromatic nitrogens is 4. The van der Waals surface area contributed by atoms with E-state index in [4.69, 9.17) is 4.42 Å². The van der Waals surface area contributed by atoms with Crippen molar-refractivity contribution in [2.75, 3.05) is 5.75 Å². The Hall–Kier alpha value is -2.61. The van der Waals surface area contributed by atoms with Crippen molar-refractivity contribution in [3.8, 4) is 11.4 Å². The van der Waals surface area contributed by atoms with E-state index in [0.29, 0.717) is 17.5 Å². The summed E-state index contributed by atoms with van der Waals surface area (Å²) in [6, 6.07) is 7.53. The van der Waals surface area contributed by atoms with Crippen LogP contribution in [0.3, 0.4) is 0 Å². The molecule has 1 N–H and O–H groups in total. The first-order chi connectivity index (χ1) is 13.0. The third kappa shape index (κ3) is 4.97. The molecule has 3 rings (SSSR count). The van der Waals surface area contributed by atoms with Gasteiger partial charge in [-0.1, -0.05) is 18.7 Å². The molecular weight excluding hydrogens is 362 g/mol. The van der Waals surface area contributed by atoms with Crippen LogP contribution in [0.15, 0.2) is 52.5 Å². The van der Waals surface area contributed by atoms with Gasteiger partial charge in [-0.3, -0.25) is 14.3 Å². The molecule has 0 saturated carbocycles. The third-order valence-corrected chi connectivity index (χ3v) is 5.19. The zero-order valence-electron chi connectivity index (χ0n) is 15.7. The SMILES string of the molecule is CCC(C)(C)NC(=O)CSc1nnc(-c2cccnc2)n1Cc1ccco1. The molecule has 0 aromatic carbocycles. The second-order valence-corrected chi connectivity index (χ2v) is 7.73. The van der Waals surface area contributed by atoms with Crippen LogP contribution < -0.4 is 5.32 Å². The van der Waals surface area contributed by atoms with E-state index >= 15 is 0 Å². The van der Waals surface area contributed by atoms with Crippen molar-refractivity contribution in [2.45, 2.75) is 44.4 Å². The second-order valence-electron chi connectivity index (χ2n) is 6.79. The maximum Gasteiger partial charge on any atom is 0.230 e. The number of thioether (sulfide) groups is 1. The number of hydrogen-bond donors (Lipinski definition) is 1. The highest BCUT2D eigenvalue weighted by atomic mass is 32.2. The summed E-state index contributed by atoms with van der Waals surface area (Å²) in [5.74, 6) is 1.73. The molecule has 142 valence electrons. The average molecular weight is 385 g/mol. The van der Waals surface area contributed by atoms with Gasteiger partial charge in [-0.15, -0.1) is 10.2 Å². The van der Waals surface area contributed by atoms with Crippen LogP contribution in [0.25, 0.3) is 11.4 Å². The highest BCUT2D eigenvalue weighted by Gasteiger charge is 2.20. The van der Waals surface area contributed by atoms with Crippen molar-refractivity contribution in [3.63, 3.8) is 0 Å². The summed E-state index contributed by atoms with van der Waals surface area (Å²) in [7, 11) is 0. The Morgan fingerprint density at radius 1 is 1.30 bits per heavy atom. The van der Waals surface area contributed by atoms with E-state index in [1.165, 1.54) is 11.8 Å². The molecule has 3 aromatic rings. The molecule has 8 heteroatoms. The van der Waals surface area contributed by atoms with E-state index in [0.717, 1.165) is 17.7 Å². The fourth-order valence-corrected chi connectivity index (χ4v) is 3.17. The summed E-state index contributed by atoms with van der Waals surface area (Å²) in [4.78, 5) is 16.4. The van der Waals surface area contributed by atoms with E-state index in [1.54, 1.807) is 18.7 Å². The fraction of sp³-hybridized carbons (Fsp3) is 0.368. The lowest BCUT2D eigenvalue weighted by atomic mass is 10.0. The quantitative estimate of drug-likeness (QED) is 0.598. The summed E-state index contributed by atoms with van der Waals surface area (Å²) >= 11 is 1.36. The van der Waals surface area contributed by atoms with E-state index in [9.17, 15) is 4.79 Å². The summed E-state index contributed by atoms with van der Waals surface area (Å²) < 4.78 is 7.42. The van der Waals surface area contributed by atoms with Gasteiger partial charge in [0, 0.05) is 23.5 Å². The highest BCUT2D eigenvalue weighted by molar-refractivity contribution is 7.99. The van der Waals surface area contributed by atoms with Crippen molar-refractivity contribution < 1.29 is 9.21 Å². The predicted octanol–water partition coefficient (Wildman–Crippen LogP) is 3.38. The van der Waals surface area contributed by atoms with Gasteiger partial charge in [0.1, 0.15) is 5.76 Å². The Bertz CT molecular complexity index is 875. The highest BCUT2D eigenvalue weighted by Crippen LogP contribution is 2.25. The topological polar surface area (TPSA) is 85.8 Å². The maximum atomic E-state index is 12.3. The normalized spacial score (nSPS) is 11.5. The number of hydrogen-bond acceptors (Lipinski definition) is 6. The third-order valence-electron chi connectivity index (χ3n) is 4.22. The van der Waals surface area contributed by atoms with Gasteiger partial charge in [-0.2, -0.15) is 0 Å². The van der Waals surface area contributed by atoms with Crippen LogP contribution in [0, 0.1) is 0 Å². The molecule has 0 atom stereocenters. The summed E-state index contributed by atoms with van der Waals surface area (Å²) in [6.45, 7) is 6.55. The van der Waals surface area contributed by atoms with Crippen LogP contribution in [0.4, 0.5) is 0 Å². The molecule has 0 radical (unpaired) electrons. The van der Waals surface area contributed by atoms with Gasteiger partial charge < -0.3 is 9.73 Å². The van der Waals surface area contributed by atoms with E-state index in [1.807, 2.05) is 49.6 Å². The van der Waals surface area contributed by atoms with Crippen LogP contribution in [0.5, 0.6) is 0 Å². The van der Waals surface area contributed by atoms with Crippen LogP contribution >= 0.6 is 11.8 Å². The number of amides is 1. The molecule has 0 saturated heterocycles. The van der Waals surface area contributed by atoms with Crippen LogP contribution in [0.1, 0.15) is 33.0 Å². The Morgan fingerprint density at radius 2 is 2.15 bits per heavy atom. The number of nitrogens with zero attached hydrogens (tertiary/aromatic N) is 4. The monoisotopic (exact) mass is 385 g/mol. The first-order valence-corrected chi connectivity index (χ1v) is 9.77. The molecule has 27 heavy (non-hydrogen) atoms. The van der Waals surface area contributed by atoms with Gasteiger partial charge in [0.2, 0.25) is 5.91 Å². The van der Waals surface area contributed by atoms with E-state index in [-0.39, 0.29) is 17.2 Å². The summed E-state index contributed by atoms with van der Waals surface area (Å²) in [5, 5.41) is 12.3. The van der Waals surface area contributed by atoms with Crippen molar-refractivity contribution in [1.82, 2.24) is 25.1 Å². The number of pyridine rings is 1. The zero-order valence-corrected chi connectivity index (χ0v) is 16.5. The standard InChI is InChI=1S/C19H23N5O2S/c1-4-19(2,3)21-16(25)13-27-18-23-22-17(14-7-5-9-20-11-14)24(18)12-15-8-6-10-26-15/h5-11H,4,12-13H2,1-3H3,(H,21,25). The minimum atomic E-state index is -0.222. The van der Waals surface area contributed by atoms with Gasteiger partial charge >= 0.3 is 0 Å². The van der Waals surface area contributed by atoms with Crippen LogP contribution in [0.2, 0.25) is 0 Å².